The molecule has 0 atom stereocenters. The van der Waals surface area contributed by atoms with Crippen molar-refractivity contribution >= 4 is 17.5 Å². The number of para-hydroxylation sites is 1. The van der Waals surface area contributed by atoms with Gasteiger partial charge in [-0.1, -0.05) is 24.3 Å². The third-order valence-electron chi connectivity index (χ3n) is 5.48. The molecule has 0 aromatic heterocycles. The van der Waals surface area contributed by atoms with Crippen LogP contribution in [0.15, 0.2) is 72.8 Å². The van der Waals surface area contributed by atoms with E-state index in [1.54, 1.807) is 43.5 Å². The normalized spacial score (nSPS) is 13.8. The lowest BCUT2D eigenvalue weighted by Gasteiger charge is -2.28. The summed E-state index contributed by atoms with van der Waals surface area (Å²) in [6.07, 6.45) is 3.30. The molecule has 0 amide bonds. The van der Waals surface area contributed by atoms with E-state index in [0.717, 1.165) is 43.1 Å². The Kier molecular flexibility index (Phi) is 7.37. The smallest absolute Gasteiger partial charge is 0.185 e. The third kappa shape index (κ3) is 5.79. The van der Waals surface area contributed by atoms with Gasteiger partial charge in [0.25, 0.3) is 0 Å². The van der Waals surface area contributed by atoms with Crippen LogP contribution in [0.5, 0.6) is 11.5 Å². The van der Waals surface area contributed by atoms with Crippen molar-refractivity contribution in [3.63, 3.8) is 0 Å². The third-order valence-corrected chi connectivity index (χ3v) is 5.48. The van der Waals surface area contributed by atoms with E-state index >= 15 is 0 Å². The number of rotatable bonds is 8. The van der Waals surface area contributed by atoms with Gasteiger partial charge < -0.3 is 19.1 Å². The highest BCUT2D eigenvalue weighted by Crippen LogP contribution is 2.24. The fraction of sp³-hybridized carbons (Fsp3) is 0.222. The Hall–Kier alpha value is -3.64. The largest absolute Gasteiger partial charge is 0.496 e. The number of nitrogens with zero attached hydrogens (tertiary/aromatic N) is 1. The predicted octanol–water partition coefficient (Wildman–Crippen LogP) is 5.15. The quantitative estimate of drug-likeness (QED) is 0.353. The van der Waals surface area contributed by atoms with E-state index in [4.69, 9.17) is 14.2 Å². The first kappa shape index (κ1) is 22.6. The van der Waals surface area contributed by atoms with Crippen molar-refractivity contribution < 1.29 is 23.4 Å². The van der Waals surface area contributed by atoms with Crippen molar-refractivity contribution in [1.82, 2.24) is 0 Å². The summed E-state index contributed by atoms with van der Waals surface area (Å²) in [5, 5.41) is 0. The van der Waals surface area contributed by atoms with E-state index in [-0.39, 0.29) is 18.1 Å². The summed E-state index contributed by atoms with van der Waals surface area (Å²) < 4.78 is 30.2. The van der Waals surface area contributed by atoms with Gasteiger partial charge in [0, 0.05) is 29.9 Å². The zero-order valence-electron chi connectivity index (χ0n) is 18.5. The minimum Gasteiger partial charge on any atom is -0.496 e. The van der Waals surface area contributed by atoms with Crippen molar-refractivity contribution in [2.75, 3.05) is 38.3 Å². The van der Waals surface area contributed by atoms with E-state index in [1.165, 1.54) is 6.07 Å². The number of carbonyl (C=O) groups excluding carboxylic acids is 1. The molecule has 1 saturated heterocycles. The molecule has 0 spiro atoms. The first-order chi connectivity index (χ1) is 16.1. The predicted molar refractivity (Wildman–Crippen MR) is 127 cm³/mol. The van der Waals surface area contributed by atoms with Gasteiger partial charge in [0.15, 0.2) is 17.3 Å². The van der Waals surface area contributed by atoms with Crippen LogP contribution < -0.4 is 14.4 Å². The molecule has 1 aliphatic rings. The minimum atomic E-state index is -0.419. The lowest BCUT2D eigenvalue weighted by molar-refractivity contribution is 0.104. The van der Waals surface area contributed by atoms with E-state index in [0.29, 0.717) is 11.3 Å². The van der Waals surface area contributed by atoms with Crippen molar-refractivity contribution in [2.24, 2.45) is 0 Å². The van der Waals surface area contributed by atoms with E-state index < -0.39 is 5.82 Å². The second-order valence-corrected chi connectivity index (χ2v) is 7.63. The SMILES string of the molecule is COc1ccc(/C=C/C(=O)c2ccc(N3CCOCC3)cc2)cc1COc1ccccc1F. The van der Waals surface area contributed by atoms with Crippen LogP contribution >= 0.6 is 0 Å². The number of benzene rings is 3. The van der Waals surface area contributed by atoms with Gasteiger partial charge in [-0.05, 0) is 60.2 Å². The van der Waals surface area contributed by atoms with Gasteiger partial charge >= 0.3 is 0 Å². The van der Waals surface area contributed by atoms with Crippen LogP contribution in [-0.2, 0) is 11.3 Å². The molecule has 1 aliphatic heterocycles. The zero-order chi connectivity index (χ0) is 23.0. The molecular weight excluding hydrogens is 421 g/mol. The van der Waals surface area contributed by atoms with Gasteiger partial charge in [0.05, 0.1) is 20.3 Å². The second kappa shape index (κ2) is 10.8. The number of carbonyl (C=O) groups is 1. The molecule has 0 radical (unpaired) electrons. The number of hydrogen-bond donors (Lipinski definition) is 0. The van der Waals surface area contributed by atoms with E-state index in [9.17, 15) is 9.18 Å². The van der Waals surface area contributed by atoms with Crippen LogP contribution in [0.4, 0.5) is 10.1 Å². The summed E-state index contributed by atoms with van der Waals surface area (Å²) in [6, 6.07) is 19.4. The van der Waals surface area contributed by atoms with Crippen LogP contribution in [-0.4, -0.2) is 39.2 Å². The van der Waals surface area contributed by atoms with Crippen LogP contribution in [0.3, 0.4) is 0 Å². The molecular formula is C27H26FNO4. The molecule has 1 heterocycles. The first-order valence-corrected chi connectivity index (χ1v) is 10.8. The van der Waals surface area contributed by atoms with Crippen LogP contribution in [0.25, 0.3) is 6.08 Å². The van der Waals surface area contributed by atoms with E-state index in [2.05, 4.69) is 4.90 Å². The van der Waals surface area contributed by atoms with Gasteiger partial charge in [0.1, 0.15) is 12.4 Å². The highest BCUT2D eigenvalue weighted by molar-refractivity contribution is 6.07. The van der Waals surface area contributed by atoms with Crippen LogP contribution in [0.1, 0.15) is 21.5 Å². The van der Waals surface area contributed by atoms with Gasteiger partial charge in [-0.2, -0.15) is 0 Å². The molecule has 0 unspecified atom stereocenters. The van der Waals surface area contributed by atoms with Crippen LogP contribution in [0.2, 0.25) is 0 Å². The topological polar surface area (TPSA) is 48.0 Å². The monoisotopic (exact) mass is 447 g/mol. The van der Waals surface area contributed by atoms with Crippen molar-refractivity contribution in [3.8, 4) is 11.5 Å². The molecule has 3 aromatic carbocycles. The Labute approximate surface area is 193 Å². The average Bonchev–Trinajstić information content (AvgIpc) is 2.87. The standard InChI is InChI=1S/C27H26FNO4/c1-31-26-13-7-20(18-22(26)19-33-27-5-3-2-4-24(27)28)6-12-25(30)21-8-10-23(11-9-21)29-14-16-32-17-15-29/h2-13,18H,14-17,19H2,1H3/b12-6+. The van der Waals surface area contributed by atoms with Crippen LogP contribution in [0, 0.1) is 5.82 Å². The fourth-order valence-corrected chi connectivity index (χ4v) is 3.66. The maximum Gasteiger partial charge on any atom is 0.185 e. The molecule has 1 fully saturated rings. The first-order valence-electron chi connectivity index (χ1n) is 10.8. The van der Waals surface area contributed by atoms with Crippen molar-refractivity contribution in [2.45, 2.75) is 6.61 Å². The number of allylic oxidation sites excluding steroid dienone is 1. The molecule has 0 aliphatic carbocycles. The molecule has 4 rings (SSSR count). The average molecular weight is 448 g/mol. The molecule has 0 saturated carbocycles. The van der Waals surface area contributed by atoms with Gasteiger partial charge in [-0.25, -0.2) is 4.39 Å². The molecule has 170 valence electrons. The Morgan fingerprint density at radius 1 is 1.03 bits per heavy atom. The number of ether oxygens (including phenoxy) is 3. The molecule has 0 N–H and O–H groups in total. The number of anilines is 1. The number of halogens is 1. The van der Waals surface area contributed by atoms with Gasteiger partial charge in [0.2, 0.25) is 0 Å². The summed E-state index contributed by atoms with van der Waals surface area (Å²) in [4.78, 5) is 14.9. The van der Waals surface area contributed by atoms with Crippen molar-refractivity contribution in [1.29, 1.82) is 0 Å². The molecule has 5 nitrogen and oxygen atoms in total. The molecule has 3 aromatic rings. The number of ketones is 1. The summed E-state index contributed by atoms with van der Waals surface area (Å²) in [6.45, 7) is 3.29. The Balaban J connectivity index is 1.43. The molecule has 33 heavy (non-hydrogen) atoms. The number of hydrogen-bond acceptors (Lipinski definition) is 5. The summed E-state index contributed by atoms with van der Waals surface area (Å²) >= 11 is 0. The fourth-order valence-electron chi connectivity index (χ4n) is 3.66. The lowest BCUT2D eigenvalue weighted by Crippen LogP contribution is -2.36. The Bertz CT molecular complexity index is 1120. The Morgan fingerprint density at radius 2 is 1.79 bits per heavy atom. The maximum absolute atomic E-state index is 13.8. The summed E-state index contributed by atoms with van der Waals surface area (Å²) in [5.74, 6) is 0.311. The van der Waals surface area contributed by atoms with Gasteiger partial charge in [-0.15, -0.1) is 0 Å². The zero-order valence-corrected chi connectivity index (χ0v) is 18.5. The summed E-state index contributed by atoms with van der Waals surface area (Å²) in [5.41, 5.74) is 3.29. The highest BCUT2D eigenvalue weighted by Gasteiger charge is 2.12. The summed E-state index contributed by atoms with van der Waals surface area (Å²) in [7, 11) is 1.57. The molecule has 0 bridgehead atoms. The minimum absolute atomic E-state index is 0.0801. The lowest BCUT2D eigenvalue weighted by atomic mass is 10.1. The van der Waals surface area contributed by atoms with Gasteiger partial charge in [-0.3, -0.25) is 4.79 Å². The van der Waals surface area contributed by atoms with Crippen molar-refractivity contribution in [3.05, 3.63) is 95.3 Å². The number of morpholine rings is 1. The highest BCUT2D eigenvalue weighted by atomic mass is 19.1. The Morgan fingerprint density at radius 3 is 2.52 bits per heavy atom. The maximum atomic E-state index is 13.8. The molecule has 6 heteroatoms. The second-order valence-electron chi connectivity index (χ2n) is 7.63. The van der Waals surface area contributed by atoms with E-state index in [1.807, 2.05) is 36.4 Å². The number of methoxy groups -OCH3 is 1.